The summed E-state index contributed by atoms with van der Waals surface area (Å²) in [6, 6.07) is 88.5. The molecule has 0 fully saturated rings. The third-order valence-electron chi connectivity index (χ3n) is 19.9. The van der Waals surface area contributed by atoms with Crippen molar-refractivity contribution in [1.82, 2.24) is 39.0 Å². The molecule has 0 unspecified atom stereocenters. The van der Waals surface area contributed by atoms with E-state index < -0.39 is 23.6 Å². The van der Waals surface area contributed by atoms with Crippen molar-refractivity contribution in [2.75, 3.05) is 16.3 Å². The van der Waals surface area contributed by atoms with Crippen LogP contribution in [0.25, 0.3) is 122 Å². The molecule has 0 radical (unpaired) electrons. The zero-order valence-corrected chi connectivity index (χ0v) is 58.3. The molecule has 17 nitrogen and oxygen atoms in total. The molecule has 17 heteroatoms. The summed E-state index contributed by atoms with van der Waals surface area (Å²) in [5.74, 6) is 1.70. The molecule has 6 heterocycles. The van der Waals surface area contributed by atoms with Gasteiger partial charge in [-0.3, -0.25) is 24.2 Å². The van der Waals surface area contributed by atoms with Gasteiger partial charge in [0.2, 0.25) is 0 Å². The second-order valence-electron chi connectivity index (χ2n) is 26.6. The molecular formula is C90H63N13O4. The van der Waals surface area contributed by atoms with Crippen LogP contribution in [0.2, 0.25) is 0 Å². The Labute approximate surface area is 614 Å². The number of imide groups is 2. The van der Waals surface area contributed by atoms with E-state index in [0.29, 0.717) is 99.6 Å². The molecule has 0 saturated carbocycles. The number of amidine groups is 2. The Morgan fingerprint density at radius 2 is 0.860 bits per heavy atom. The summed E-state index contributed by atoms with van der Waals surface area (Å²) in [5.41, 5.74) is 22.1. The second kappa shape index (κ2) is 26.5. The first-order valence-corrected chi connectivity index (χ1v) is 35.3. The summed E-state index contributed by atoms with van der Waals surface area (Å²) >= 11 is 0. The Morgan fingerprint density at radius 1 is 0.374 bits per heavy atom. The van der Waals surface area contributed by atoms with Crippen LogP contribution in [0.15, 0.2) is 289 Å². The number of aromatic nitrogens is 8. The highest BCUT2D eigenvalue weighted by atomic mass is 16.2. The monoisotopic (exact) mass is 1390 g/mol. The minimum Gasteiger partial charge on any atom is -0.387 e. The molecule has 0 bridgehead atoms. The number of carbonyl (C=O) groups excluding carboxylic acids is 4. The van der Waals surface area contributed by atoms with Crippen molar-refractivity contribution >= 4 is 90.3 Å². The van der Waals surface area contributed by atoms with Gasteiger partial charge in [0.15, 0.2) is 17.5 Å². The average Bonchev–Trinajstić information content (AvgIpc) is 1.57. The Morgan fingerprint density at radius 3 is 1.44 bits per heavy atom. The first-order valence-electron chi connectivity index (χ1n) is 35.3. The average molecular weight is 1390 g/mol. The lowest BCUT2D eigenvalue weighted by molar-refractivity contribution is 0.0910. The van der Waals surface area contributed by atoms with Crippen molar-refractivity contribution in [1.29, 1.82) is 0 Å². The van der Waals surface area contributed by atoms with Crippen molar-refractivity contribution in [3.8, 4) is 78.7 Å². The molecule has 16 aromatic rings. The topological polar surface area (TPSA) is 213 Å². The molecule has 12 aromatic carbocycles. The van der Waals surface area contributed by atoms with E-state index in [1.54, 1.807) is 19.1 Å². The van der Waals surface area contributed by atoms with Crippen LogP contribution in [0.5, 0.6) is 0 Å². The van der Waals surface area contributed by atoms with Crippen molar-refractivity contribution in [3.63, 3.8) is 0 Å². The van der Waals surface area contributed by atoms with Gasteiger partial charge in [-0.05, 0) is 146 Å². The molecule has 0 atom stereocenters. The van der Waals surface area contributed by atoms with Crippen LogP contribution >= 0.6 is 0 Å². The number of hydrogen-bond donors (Lipinski definition) is 1. The standard InChI is InChI=1S/C90H63N13O4/c1-53(91)95-84(63-36-41-66-67-42-37-64(86-97-54(2)96-55(3)98-86)51-80(67)101(79(66)50-63)78-34-19-31-69-83(78)90(107)103(88(69)105)75-44-39-61(57-23-10-5-11-24-57)48-71(75)59-27-14-7-15-28-59)92-46-20-35-81-93-52-94-85(99-81)62-40-45-76-72(49-62)65-29-16-17-32-73(65)100(76)77-33-18-30-68-82(77)89(106)102(87(68)104)74-43-38-60(56-21-8-4-9-22-56)47-70(74)58-25-12-6-13-26-58/h4-19,21-34,36-45,47-52H,20,35,46H2,1-3H3,(H2,91,92,95). The molecule has 4 amide bonds. The first-order chi connectivity index (χ1) is 52.4. The molecule has 107 heavy (non-hydrogen) atoms. The second-order valence-corrected chi connectivity index (χ2v) is 26.6. The van der Waals surface area contributed by atoms with E-state index in [2.05, 4.69) is 31.7 Å². The number of carbonyl (C=O) groups is 4. The third kappa shape index (κ3) is 11.4. The number of rotatable bonds is 15. The van der Waals surface area contributed by atoms with Gasteiger partial charge in [-0.2, -0.15) is 0 Å². The predicted octanol–water partition coefficient (Wildman–Crippen LogP) is 18.2. The maximum Gasteiger partial charge on any atom is 0.268 e. The number of para-hydroxylation sites is 1. The van der Waals surface area contributed by atoms with Gasteiger partial charge < -0.3 is 14.9 Å². The number of amides is 4. The van der Waals surface area contributed by atoms with E-state index in [1.165, 1.54) is 16.1 Å². The molecule has 18 rings (SSSR count). The van der Waals surface area contributed by atoms with Crippen molar-refractivity contribution in [2.24, 2.45) is 15.7 Å². The quantitative estimate of drug-likeness (QED) is 0.0441. The number of aliphatic imine (C=N–C) groups is 2. The van der Waals surface area contributed by atoms with Crippen molar-refractivity contribution in [2.45, 2.75) is 33.6 Å². The van der Waals surface area contributed by atoms with Crippen LogP contribution in [-0.4, -0.2) is 80.9 Å². The number of anilines is 2. The lowest BCUT2D eigenvalue weighted by atomic mass is 9.97. The fraction of sp³-hybridized carbons (Fsp3) is 0.0667. The van der Waals surface area contributed by atoms with Gasteiger partial charge in [0.05, 0.1) is 72.9 Å². The number of aryl methyl sites for hydroxylation is 3. The van der Waals surface area contributed by atoms with Crippen LogP contribution in [-0.2, 0) is 6.42 Å². The molecule has 512 valence electrons. The molecule has 0 spiro atoms. The van der Waals surface area contributed by atoms with Crippen LogP contribution in [0.1, 0.15) is 77.8 Å². The van der Waals surface area contributed by atoms with Gasteiger partial charge in [-0.25, -0.2) is 44.7 Å². The minimum atomic E-state index is -0.462. The number of fused-ring (bicyclic) bond motifs is 8. The normalized spacial score (nSPS) is 13.1. The van der Waals surface area contributed by atoms with Gasteiger partial charge in [-0.1, -0.05) is 188 Å². The molecule has 0 saturated heterocycles. The lowest BCUT2D eigenvalue weighted by Gasteiger charge is -2.20. The first kappa shape index (κ1) is 64.8. The van der Waals surface area contributed by atoms with Crippen LogP contribution in [0.3, 0.4) is 0 Å². The summed E-state index contributed by atoms with van der Waals surface area (Å²) in [6.45, 7) is 5.72. The van der Waals surface area contributed by atoms with E-state index in [4.69, 9.17) is 30.7 Å². The van der Waals surface area contributed by atoms with E-state index >= 15 is 14.4 Å². The van der Waals surface area contributed by atoms with Gasteiger partial charge in [0.1, 0.15) is 23.8 Å². The number of nitrogens with zero attached hydrogens (tertiary/aromatic N) is 12. The predicted molar refractivity (Wildman–Crippen MR) is 423 cm³/mol. The summed E-state index contributed by atoms with van der Waals surface area (Å²) < 4.78 is 4.11. The molecule has 2 N–H and O–H groups in total. The van der Waals surface area contributed by atoms with E-state index in [9.17, 15) is 4.79 Å². The van der Waals surface area contributed by atoms with Crippen LogP contribution in [0, 0.1) is 13.8 Å². The summed E-state index contributed by atoms with van der Waals surface area (Å²) in [6.07, 6.45) is 2.52. The van der Waals surface area contributed by atoms with Gasteiger partial charge in [-0.15, -0.1) is 0 Å². The highest BCUT2D eigenvalue weighted by Crippen LogP contribution is 2.46. The van der Waals surface area contributed by atoms with Gasteiger partial charge in [0, 0.05) is 62.3 Å². The van der Waals surface area contributed by atoms with E-state index in [0.717, 1.165) is 99.2 Å². The number of benzene rings is 12. The van der Waals surface area contributed by atoms with Gasteiger partial charge in [0.25, 0.3) is 23.6 Å². The van der Waals surface area contributed by atoms with E-state index in [-0.39, 0.29) is 11.1 Å². The zero-order valence-electron chi connectivity index (χ0n) is 58.3. The van der Waals surface area contributed by atoms with Crippen molar-refractivity contribution < 1.29 is 19.2 Å². The molecular weight excluding hydrogens is 1330 g/mol. The van der Waals surface area contributed by atoms with Crippen LogP contribution < -0.4 is 15.5 Å². The molecule has 2 aliphatic rings. The summed E-state index contributed by atoms with van der Waals surface area (Å²) in [7, 11) is 0. The SMILES string of the molecule is CC(N)=NC(=NCCCc1ncnc(-c2ccc3c(c2)c2ccccc2n3-c2cccc3c2C(=O)N(c2ccc(-c4ccccc4)cc2-c2ccccc2)C3=O)n1)c1ccc2c3ccc(-c4nc(C)nc(C)n4)cc3n(-c3cccc4c3C(=O)N(c3ccc(-c5ccccc5)cc3-c3ccccc3)C4=O)c2c1. The third-order valence-corrected chi connectivity index (χ3v) is 19.9. The fourth-order valence-corrected chi connectivity index (χ4v) is 15.2. The summed E-state index contributed by atoms with van der Waals surface area (Å²) in [5, 5.41) is 3.60. The van der Waals surface area contributed by atoms with E-state index in [1.807, 2.05) is 267 Å². The zero-order chi connectivity index (χ0) is 72.6. The number of nitrogens with two attached hydrogens (primary N) is 1. The lowest BCUT2D eigenvalue weighted by Crippen LogP contribution is -2.30. The molecule has 2 aliphatic heterocycles. The number of hydrogen-bond acceptors (Lipinski definition) is 11. The molecule has 0 aliphatic carbocycles. The van der Waals surface area contributed by atoms with Gasteiger partial charge >= 0.3 is 0 Å². The fourth-order valence-electron chi connectivity index (χ4n) is 15.2. The minimum absolute atomic E-state index is 0.251. The van der Waals surface area contributed by atoms with Crippen molar-refractivity contribution in [3.05, 3.63) is 325 Å². The maximum absolute atomic E-state index is 15.6. The Balaban J connectivity index is 0.659. The Bertz CT molecular complexity index is 6420. The maximum atomic E-state index is 15.6. The molecule has 4 aromatic heterocycles. The largest absolute Gasteiger partial charge is 0.387 e. The highest BCUT2D eigenvalue weighted by molar-refractivity contribution is 6.38. The Kier molecular flexibility index (Phi) is 16.0. The Hall–Kier alpha value is -14.3. The summed E-state index contributed by atoms with van der Waals surface area (Å²) in [4.78, 5) is 102. The smallest absolute Gasteiger partial charge is 0.268 e. The highest BCUT2D eigenvalue weighted by Gasteiger charge is 2.42. The van der Waals surface area contributed by atoms with Crippen LogP contribution in [0.4, 0.5) is 11.4 Å².